The predicted molar refractivity (Wildman–Crippen MR) is 35.6 cm³/mol. The van der Waals surface area contributed by atoms with Crippen molar-refractivity contribution in [2.75, 3.05) is 0 Å². The fraction of sp³-hybridized carbons (Fsp3) is 0.833. The van der Waals surface area contributed by atoms with E-state index in [0.717, 1.165) is 0 Å². The third kappa shape index (κ3) is 0.976. The van der Waals surface area contributed by atoms with Crippen molar-refractivity contribution in [3.8, 4) is 0 Å². The Morgan fingerprint density at radius 1 is 1.78 bits per heavy atom. The maximum atomic E-state index is 9.35. The monoisotopic (exact) mass is 128 g/mol. The molecule has 0 aromatic heterocycles. The molecular weight excluding hydrogens is 116 g/mol. The molecule has 0 heterocycles. The average Bonchev–Trinajstić information content (AvgIpc) is 1.62. The van der Waals surface area contributed by atoms with Gasteiger partial charge >= 0.3 is 0 Å². The van der Waals surface area contributed by atoms with E-state index in [1.54, 1.807) is 6.92 Å². The van der Waals surface area contributed by atoms with E-state index in [2.05, 4.69) is 0 Å². The summed E-state index contributed by atoms with van der Waals surface area (Å²) < 4.78 is 0. The zero-order valence-corrected chi connectivity index (χ0v) is 5.52. The van der Waals surface area contributed by atoms with Crippen LogP contribution in [-0.4, -0.2) is 22.5 Å². The Morgan fingerprint density at radius 3 is 2.33 bits per heavy atom. The SMILES string of the molecule is CC(=N)C1(O)CC(N)C1. The Balaban J connectivity index is 2.50. The van der Waals surface area contributed by atoms with Gasteiger partial charge in [-0.2, -0.15) is 0 Å². The summed E-state index contributed by atoms with van der Waals surface area (Å²) in [6, 6.07) is 0.107. The van der Waals surface area contributed by atoms with Crippen LogP contribution in [0.5, 0.6) is 0 Å². The molecule has 0 bridgehead atoms. The number of hydrogen-bond acceptors (Lipinski definition) is 3. The minimum absolute atomic E-state index is 0.107. The molecule has 0 spiro atoms. The molecule has 0 radical (unpaired) electrons. The van der Waals surface area contributed by atoms with Crippen molar-refractivity contribution in [2.24, 2.45) is 5.73 Å². The second-order valence-electron chi connectivity index (χ2n) is 2.82. The van der Waals surface area contributed by atoms with E-state index in [1.165, 1.54) is 0 Å². The number of rotatable bonds is 1. The fourth-order valence-corrected chi connectivity index (χ4v) is 1.11. The molecule has 0 saturated heterocycles. The summed E-state index contributed by atoms with van der Waals surface area (Å²) in [6.07, 6.45) is 1.12. The van der Waals surface area contributed by atoms with E-state index in [-0.39, 0.29) is 6.04 Å². The van der Waals surface area contributed by atoms with Crippen molar-refractivity contribution in [1.29, 1.82) is 5.41 Å². The van der Waals surface area contributed by atoms with Crippen molar-refractivity contribution in [1.82, 2.24) is 0 Å². The zero-order chi connectivity index (χ0) is 7.07. The van der Waals surface area contributed by atoms with Crippen molar-refractivity contribution in [3.05, 3.63) is 0 Å². The lowest BCUT2D eigenvalue weighted by molar-refractivity contribution is 0.0171. The number of nitrogens with one attached hydrogen (secondary N) is 1. The van der Waals surface area contributed by atoms with Gasteiger partial charge in [-0.3, -0.25) is 0 Å². The Hall–Kier alpha value is -0.410. The molecule has 0 amide bonds. The molecule has 0 atom stereocenters. The molecule has 1 aliphatic carbocycles. The van der Waals surface area contributed by atoms with Gasteiger partial charge in [-0.05, 0) is 19.8 Å². The van der Waals surface area contributed by atoms with Gasteiger partial charge in [-0.25, -0.2) is 0 Å². The highest BCUT2D eigenvalue weighted by molar-refractivity contribution is 5.88. The topological polar surface area (TPSA) is 70.1 Å². The maximum absolute atomic E-state index is 9.35. The van der Waals surface area contributed by atoms with Gasteiger partial charge in [0.1, 0.15) is 5.60 Å². The molecule has 0 aromatic rings. The van der Waals surface area contributed by atoms with Crippen LogP contribution in [0.4, 0.5) is 0 Å². The summed E-state index contributed by atoms with van der Waals surface area (Å²) in [4.78, 5) is 0. The molecule has 1 aliphatic rings. The molecule has 1 fully saturated rings. The van der Waals surface area contributed by atoms with Gasteiger partial charge in [-0.1, -0.05) is 0 Å². The van der Waals surface area contributed by atoms with Crippen molar-refractivity contribution < 1.29 is 5.11 Å². The fourth-order valence-electron chi connectivity index (χ4n) is 1.11. The van der Waals surface area contributed by atoms with Gasteiger partial charge in [0.25, 0.3) is 0 Å². The third-order valence-electron chi connectivity index (χ3n) is 1.90. The average molecular weight is 128 g/mol. The lowest BCUT2D eigenvalue weighted by Crippen LogP contribution is -2.55. The zero-order valence-electron chi connectivity index (χ0n) is 5.52. The third-order valence-corrected chi connectivity index (χ3v) is 1.90. The maximum Gasteiger partial charge on any atom is 0.105 e. The van der Waals surface area contributed by atoms with Crippen LogP contribution in [0.25, 0.3) is 0 Å². The normalized spacial score (nSPS) is 41.9. The standard InChI is InChI=1S/C6H12N2O/c1-4(7)6(9)2-5(8)3-6/h5,7,9H,2-3,8H2,1H3. The lowest BCUT2D eigenvalue weighted by Gasteiger charge is -2.41. The van der Waals surface area contributed by atoms with Crippen LogP contribution >= 0.6 is 0 Å². The van der Waals surface area contributed by atoms with Crippen LogP contribution in [-0.2, 0) is 0 Å². The van der Waals surface area contributed by atoms with Crippen molar-refractivity contribution in [3.63, 3.8) is 0 Å². The second-order valence-corrected chi connectivity index (χ2v) is 2.82. The molecule has 52 valence electrons. The van der Waals surface area contributed by atoms with E-state index in [0.29, 0.717) is 18.6 Å². The first-order valence-electron chi connectivity index (χ1n) is 3.08. The molecular formula is C6H12N2O. The van der Waals surface area contributed by atoms with E-state index in [9.17, 15) is 5.11 Å². The highest BCUT2D eigenvalue weighted by Crippen LogP contribution is 2.31. The summed E-state index contributed by atoms with van der Waals surface area (Å²) in [7, 11) is 0. The first-order valence-corrected chi connectivity index (χ1v) is 3.08. The summed E-state index contributed by atoms with van der Waals surface area (Å²) in [5, 5.41) is 16.5. The summed E-state index contributed by atoms with van der Waals surface area (Å²) in [5.41, 5.74) is 4.92. The molecule has 3 nitrogen and oxygen atoms in total. The van der Waals surface area contributed by atoms with Crippen LogP contribution in [0.3, 0.4) is 0 Å². The summed E-state index contributed by atoms with van der Waals surface area (Å²) >= 11 is 0. The number of nitrogens with two attached hydrogens (primary N) is 1. The first kappa shape index (κ1) is 6.71. The van der Waals surface area contributed by atoms with E-state index in [4.69, 9.17) is 11.1 Å². The number of hydrogen-bond donors (Lipinski definition) is 3. The van der Waals surface area contributed by atoms with Crippen molar-refractivity contribution in [2.45, 2.75) is 31.4 Å². The van der Waals surface area contributed by atoms with E-state index >= 15 is 0 Å². The molecule has 1 rings (SSSR count). The van der Waals surface area contributed by atoms with Crippen LogP contribution in [0.15, 0.2) is 0 Å². The lowest BCUT2D eigenvalue weighted by atomic mass is 9.73. The predicted octanol–water partition coefficient (Wildman–Crippen LogP) is -0.122. The van der Waals surface area contributed by atoms with Crippen LogP contribution < -0.4 is 5.73 Å². The molecule has 9 heavy (non-hydrogen) atoms. The number of aliphatic hydroxyl groups is 1. The molecule has 3 heteroatoms. The minimum atomic E-state index is -0.848. The second kappa shape index (κ2) is 1.78. The quantitative estimate of drug-likeness (QED) is 0.431. The van der Waals surface area contributed by atoms with E-state index in [1.807, 2.05) is 0 Å². The van der Waals surface area contributed by atoms with Crippen LogP contribution in [0.1, 0.15) is 19.8 Å². The first-order chi connectivity index (χ1) is 4.04. The van der Waals surface area contributed by atoms with E-state index < -0.39 is 5.60 Å². The minimum Gasteiger partial charge on any atom is -0.384 e. The molecule has 0 aliphatic heterocycles. The Morgan fingerprint density at radius 2 is 2.22 bits per heavy atom. The molecule has 0 unspecified atom stereocenters. The highest BCUT2D eigenvalue weighted by Gasteiger charge is 2.42. The van der Waals surface area contributed by atoms with Gasteiger partial charge in [0.2, 0.25) is 0 Å². The van der Waals surface area contributed by atoms with Gasteiger partial charge in [0, 0.05) is 11.8 Å². The molecule has 4 N–H and O–H groups in total. The van der Waals surface area contributed by atoms with Gasteiger partial charge in [0.05, 0.1) is 0 Å². The van der Waals surface area contributed by atoms with Gasteiger partial charge < -0.3 is 16.2 Å². The Labute approximate surface area is 54.4 Å². The largest absolute Gasteiger partial charge is 0.384 e. The molecule has 1 saturated carbocycles. The Kier molecular flexibility index (Phi) is 1.33. The highest BCUT2D eigenvalue weighted by atomic mass is 16.3. The molecule has 0 aromatic carbocycles. The van der Waals surface area contributed by atoms with Gasteiger partial charge in [-0.15, -0.1) is 0 Å². The van der Waals surface area contributed by atoms with Crippen LogP contribution in [0.2, 0.25) is 0 Å². The summed E-state index contributed by atoms with van der Waals surface area (Å²) in [5.74, 6) is 0. The summed E-state index contributed by atoms with van der Waals surface area (Å²) in [6.45, 7) is 1.62. The van der Waals surface area contributed by atoms with Gasteiger partial charge in [0.15, 0.2) is 0 Å². The Bertz CT molecular complexity index is 138. The van der Waals surface area contributed by atoms with Crippen molar-refractivity contribution >= 4 is 5.71 Å². The smallest absolute Gasteiger partial charge is 0.105 e. The van der Waals surface area contributed by atoms with Crippen LogP contribution in [0, 0.1) is 5.41 Å².